The smallest absolute Gasteiger partial charge is 0.0458 e. The second-order valence-electron chi connectivity index (χ2n) is 6.89. The fourth-order valence-electron chi connectivity index (χ4n) is 2.86. The van der Waals surface area contributed by atoms with Gasteiger partial charge in [0.25, 0.3) is 0 Å². The molecule has 1 nitrogen and oxygen atoms in total. The Morgan fingerprint density at radius 2 is 1.57 bits per heavy atom. The van der Waals surface area contributed by atoms with Crippen LogP contribution in [-0.2, 0) is 18.3 Å². The lowest BCUT2D eigenvalue weighted by atomic mass is 9.87. The maximum atomic E-state index is 6.22. The fourth-order valence-corrected chi connectivity index (χ4v) is 3.76. The Hall–Kier alpha value is -1.41. The van der Waals surface area contributed by atoms with Gasteiger partial charge in [0.1, 0.15) is 0 Å². The molecule has 1 aliphatic carbocycles. The third-order valence-electron chi connectivity index (χ3n) is 4.17. The van der Waals surface area contributed by atoms with Gasteiger partial charge in [-0.05, 0) is 65.6 Å². The molecule has 0 saturated carbocycles. The molecule has 2 heteroatoms. The number of nitrogens with two attached hydrogens (primary N) is 1. The van der Waals surface area contributed by atoms with E-state index in [9.17, 15) is 0 Å². The average Bonchev–Trinajstić information content (AvgIpc) is 2.86. The lowest BCUT2D eigenvalue weighted by molar-refractivity contribution is 0.590. The minimum absolute atomic E-state index is 0.204. The molecule has 2 N–H and O–H groups in total. The van der Waals surface area contributed by atoms with Crippen molar-refractivity contribution in [2.45, 2.75) is 55.2 Å². The molecule has 0 aromatic heterocycles. The molecule has 0 unspecified atom stereocenters. The van der Waals surface area contributed by atoms with Crippen LogP contribution in [0.25, 0.3) is 0 Å². The first kappa shape index (κ1) is 14.5. The summed E-state index contributed by atoms with van der Waals surface area (Å²) in [7, 11) is 0. The lowest BCUT2D eigenvalue weighted by Gasteiger charge is -2.19. The zero-order chi connectivity index (χ0) is 15.0. The number of fused-ring (bicyclic) bond motifs is 1. The third kappa shape index (κ3) is 3.11. The molecule has 0 bridgehead atoms. The van der Waals surface area contributed by atoms with Gasteiger partial charge in [0.05, 0.1) is 0 Å². The minimum atomic E-state index is 0.204. The number of hydrogen-bond donors (Lipinski definition) is 1. The molecule has 2 aromatic rings. The number of rotatable bonds is 2. The summed E-state index contributed by atoms with van der Waals surface area (Å²) in [6, 6.07) is 13.3. The number of hydrogen-bond acceptors (Lipinski definition) is 2. The zero-order valence-electron chi connectivity index (χ0n) is 13.1. The van der Waals surface area contributed by atoms with Crippen LogP contribution in [-0.4, -0.2) is 0 Å². The first-order valence-corrected chi connectivity index (χ1v) is 8.45. The summed E-state index contributed by atoms with van der Waals surface area (Å²) in [6.07, 6.45) is 3.65. The van der Waals surface area contributed by atoms with Crippen LogP contribution in [0, 0.1) is 0 Å². The number of anilines is 1. The molecule has 3 rings (SSSR count). The number of benzene rings is 2. The normalized spacial score (nSPS) is 14.2. The van der Waals surface area contributed by atoms with Crippen LogP contribution in [0.5, 0.6) is 0 Å². The van der Waals surface area contributed by atoms with Gasteiger partial charge in [-0.3, -0.25) is 0 Å². The van der Waals surface area contributed by atoms with Crippen LogP contribution in [0.15, 0.2) is 46.2 Å². The van der Waals surface area contributed by atoms with Crippen LogP contribution < -0.4 is 5.73 Å². The lowest BCUT2D eigenvalue weighted by Crippen LogP contribution is -2.10. The highest BCUT2D eigenvalue weighted by atomic mass is 32.2. The van der Waals surface area contributed by atoms with Gasteiger partial charge in [-0.2, -0.15) is 0 Å². The monoisotopic (exact) mass is 297 g/mol. The molecule has 0 radical (unpaired) electrons. The van der Waals surface area contributed by atoms with E-state index in [0.717, 1.165) is 5.69 Å². The molecule has 0 atom stereocenters. The molecular weight excluding hydrogens is 274 g/mol. The van der Waals surface area contributed by atoms with Gasteiger partial charge in [0.15, 0.2) is 0 Å². The maximum Gasteiger partial charge on any atom is 0.0458 e. The van der Waals surface area contributed by atoms with Crippen molar-refractivity contribution in [2.24, 2.45) is 0 Å². The van der Waals surface area contributed by atoms with E-state index in [1.54, 1.807) is 11.8 Å². The topological polar surface area (TPSA) is 26.0 Å². The molecule has 2 aromatic carbocycles. The van der Waals surface area contributed by atoms with Crippen LogP contribution in [0.4, 0.5) is 5.69 Å². The molecular formula is C19H23NS. The van der Waals surface area contributed by atoms with E-state index in [2.05, 4.69) is 57.2 Å². The Bertz CT molecular complexity index is 651. The summed E-state index contributed by atoms with van der Waals surface area (Å²) >= 11 is 1.77. The molecule has 0 heterocycles. The maximum absolute atomic E-state index is 6.22. The predicted octanol–water partition coefficient (Wildman–Crippen LogP) is 5.21. The van der Waals surface area contributed by atoms with Crippen molar-refractivity contribution in [1.29, 1.82) is 0 Å². The van der Waals surface area contributed by atoms with E-state index < -0.39 is 0 Å². The van der Waals surface area contributed by atoms with Gasteiger partial charge in [0.2, 0.25) is 0 Å². The molecule has 0 aliphatic heterocycles. The Morgan fingerprint density at radius 3 is 2.19 bits per heavy atom. The van der Waals surface area contributed by atoms with Gasteiger partial charge in [0, 0.05) is 15.5 Å². The van der Waals surface area contributed by atoms with Gasteiger partial charge in [-0.1, -0.05) is 44.7 Å². The van der Waals surface area contributed by atoms with Gasteiger partial charge >= 0.3 is 0 Å². The molecule has 21 heavy (non-hydrogen) atoms. The highest BCUT2D eigenvalue weighted by Gasteiger charge is 2.15. The van der Waals surface area contributed by atoms with Crippen molar-refractivity contribution in [3.8, 4) is 0 Å². The van der Waals surface area contributed by atoms with Crippen LogP contribution in [0.3, 0.4) is 0 Å². The summed E-state index contributed by atoms with van der Waals surface area (Å²) in [5.41, 5.74) is 11.6. The molecule has 1 aliphatic rings. The average molecular weight is 297 g/mol. The van der Waals surface area contributed by atoms with Crippen molar-refractivity contribution in [1.82, 2.24) is 0 Å². The van der Waals surface area contributed by atoms with Crippen molar-refractivity contribution in [2.75, 3.05) is 5.73 Å². The summed E-state index contributed by atoms with van der Waals surface area (Å²) in [5, 5.41) is 0. The summed E-state index contributed by atoms with van der Waals surface area (Å²) < 4.78 is 0. The van der Waals surface area contributed by atoms with Crippen molar-refractivity contribution < 1.29 is 0 Å². The third-order valence-corrected chi connectivity index (χ3v) is 5.25. The molecule has 0 fully saturated rings. The second kappa shape index (κ2) is 5.42. The Morgan fingerprint density at radius 1 is 0.952 bits per heavy atom. The summed E-state index contributed by atoms with van der Waals surface area (Å²) in [6.45, 7) is 6.73. The van der Waals surface area contributed by atoms with Crippen molar-refractivity contribution >= 4 is 17.4 Å². The molecule has 110 valence electrons. The van der Waals surface area contributed by atoms with E-state index in [4.69, 9.17) is 5.73 Å². The van der Waals surface area contributed by atoms with Gasteiger partial charge in [-0.25, -0.2) is 0 Å². The first-order chi connectivity index (χ1) is 9.93. The second-order valence-corrected chi connectivity index (χ2v) is 8.00. The number of nitrogen functional groups attached to an aromatic ring is 1. The van der Waals surface area contributed by atoms with Crippen LogP contribution >= 0.6 is 11.8 Å². The number of aryl methyl sites for hydroxylation is 2. The first-order valence-electron chi connectivity index (χ1n) is 7.63. The summed E-state index contributed by atoms with van der Waals surface area (Å²) in [5.74, 6) is 0. The SMILES string of the molecule is CC(C)(C)c1ccc(Sc2cc3c(cc2N)CCC3)cc1. The van der Waals surface area contributed by atoms with Gasteiger partial charge in [-0.15, -0.1) is 0 Å². The molecule has 0 amide bonds. The van der Waals surface area contributed by atoms with E-state index in [1.165, 1.54) is 45.7 Å². The van der Waals surface area contributed by atoms with E-state index in [1.807, 2.05) is 0 Å². The Labute approximate surface area is 132 Å². The summed E-state index contributed by atoms with van der Waals surface area (Å²) in [4.78, 5) is 2.45. The van der Waals surface area contributed by atoms with E-state index in [0.29, 0.717) is 0 Å². The largest absolute Gasteiger partial charge is 0.398 e. The fraction of sp³-hybridized carbons (Fsp3) is 0.368. The zero-order valence-corrected chi connectivity index (χ0v) is 13.9. The highest BCUT2D eigenvalue weighted by Crippen LogP contribution is 2.37. The molecule has 0 spiro atoms. The van der Waals surface area contributed by atoms with Crippen molar-refractivity contribution in [3.63, 3.8) is 0 Å². The van der Waals surface area contributed by atoms with Gasteiger partial charge < -0.3 is 5.73 Å². The van der Waals surface area contributed by atoms with E-state index >= 15 is 0 Å². The Balaban J connectivity index is 1.84. The Kier molecular flexibility index (Phi) is 3.75. The predicted molar refractivity (Wildman–Crippen MR) is 92.1 cm³/mol. The standard InChI is InChI=1S/C19H23NS/c1-19(2,3)15-7-9-16(10-8-15)21-18-12-14-6-4-5-13(14)11-17(18)20/h7-12H,4-6,20H2,1-3H3. The quantitative estimate of drug-likeness (QED) is 0.770. The van der Waals surface area contributed by atoms with Crippen LogP contribution in [0.1, 0.15) is 43.9 Å². The molecule has 0 saturated heterocycles. The van der Waals surface area contributed by atoms with Crippen molar-refractivity contribution in [3.05, 3.63) is 53.1 Å². The highest BCUT2D eigenvalue weighted by molar-refractivity contribution is 7.99. The minimum Gasteiger partial charge on any atom is -0.398 e. The van der Waals surface area contributed by atoms with Crippen LogP contribution in [0.2, 0.25) is 0 Å². The van der Waals surface area contributed by atoms with E-state index in [-0.39, 0.29) is 5.41 Å².